The number of benzene rings is 1. The van der Waals surface area contributed by atoms with Gasteiger partial charge in [-0.3, -0.25) is 0 Å². The lowest BCUT2D eigenvalue weighted by Gasteiger charge is -2.32. The zero-order valence-corrected chi connectivity index (χ0v) is 17.6. The van der Waals surface area contributed by atoms with Crippen molar-refractivity contribution in [1.29, 1.82) is 0 Å². The number of rotatable bonds is 1. The Morgan fingerprint density at radius 3 is 2.09 bits per heavy atom. The van der Waals surface area contributed by atoms with Crippen LogP contribution in [-0.4, -0.2) is 44.1 Å². The van der Waals surface area contributed by atoms with E-state index >= 15 is 0 Å². The molecule has 126 valence electrons. The number of anilines is 1. The highest BCUT2D eigenvalue weighted by atomic mass is 127. The lowest BCUT2D eigenvalue weighted by atomic mass is 9.97. The molecule has 7 heteroatoms. The molecule has 0 amide bonds. The average Bonchev–Trinajstić information content (AvgIpc) is 3.09. The van der Waals surface area contributed by atoms with Crippen LogP contribution in [-0.2, 0) is 18.9 Å². The minimum absolute atomic E-state index is 0. The molecule has 2 saturated heterocycles. The summed E-state index contributed by atoms with van der Waals surface area (Å²) in [4.78, 5) is 2.31. The first-order valence-electron chi connectivity index (χ1n) is 6.92. The molecule has 1 aromatic carbocycles. The standard InChI is InChI=1S/C12H13Cl2NO.C3H9OS.HI/c13-9-1-2-11(10(14)7-9)15-5-3-12(4-6-15)8-16-12;1-5(2,3)4;/h1-2,7H,3-6,8H2;1-3H3;1H/q;+1;/p-1. The molecule has 0 saturated carbocycles. The van der Waals surface area contributed by atoms with Crippen LogP contribution in [0.3, 0.4) is 0 Å². The van der Waals surface area contributed by atoms with E-state index in [0.29, 0.717) is 5.02 Å². The molecule has 0 atom stereocenters. The first-order chi connectivity index (χ1) is 9.69. The van der Waals surface area contributed by atoms with Crippen LogP contribution < -0.4 is 28.9 Å². The fourth-order valence-corrected chi connectivity index (χ4v) is 2.81. The van der Waals surface area contributed by atoms with Crippen molar-refractivity contribution < 1.29 is 32.9 Å². The number of halogens is 3. The number of hydrogen-bond acceptors (Lipinski definition) is 3. The molecule has 3 nitrogen and oxygen atoms in total. The van der Waals surface area contributed by atoms with Gasteiger partial charge in [0, 0.05) is 18.1 Å². The molecule has 2 aliphatic rings. The van der Waals surface area contributed by atoms with Crippen LogP contribution in [0.25, 0.3) is 0 Å². The zero-order valence-electron chi connectivity index (χ0n) is 13.1. The van der Waals surface area contributed by atoms with Gasteiger partial charge in [0.25, 0.3) is 0 Å². The van der Waals surface area contributed by atoms with Crippen LogP contribution in [0, 0.1) is 0 Å². The Kier molecular flexibility index (Phi) is 7.46. The van der Waals surface area contributed by atoms with Crippen LogP contribution in [0.1, 0.15) is 12.8 Å². The molecule has 1 spiro atoms. The van der Waals surface area contributed by atoms with Crippen molar-refractivity contribution in [2.75, 3.05) is 43.4 Å². The van der Waals surface area contributed by atoms with Crippen molar-refractivity contribution in [3.05, 3.63) is 28.2 Å². The smallest absolute Gasteiger partial charge is 0.101 e. The van der Waals surface area contributed by atoms with Crippen LogP contribution in [0.15, 0.2) is 18.2 Å². The third kappa shape index (κ3) is 6.51. The molecule has 2 fully saturated rings. The van der Waals surface area contributed by atoms with Gasteiger partial charge in [0.1, 0.15) is 18.8 Å². The summed E-state index contributed by atoms with van der Waals surface area (Å²) < 4.78 is 15.7. The summed E-state index contributed by atoms with van der Waals surface area (Å²) in [6.45, 7) is 2.97. The topological polar surface area (TPSA) is 32.8 Å². The largest absolute Gasteiger partial charge is 1.00 e. The van der Waals surface area contributed by atoms with E-state index in [1.165, 1.54) is 0 Å². The van der Waals surface area contributed by atoms with E-state index in [1.54, 1.807) is 24.8 Å². The second-order valence-electron chi connectivity index (χ2n) is 6.28. The third-order valence-electron chi connectivity index (χ3n) is 3.48. The number of epoxide rings is 1. The Morgan fingerprint density at radius 1 is 1.18 bits per heavy atom. The van der Waals surface area contributed by atoms with Gasteiger partial charge in [0.05, 0.1) is 32.9 Å². The molecular weight excluding hydrogens is 456 g/mol. The Bertz CT molecular complexity index is 542. The Labute approximate surface area is 161 Å². The monoisotopic (exact) mass is 477 g/mol. The second kappa shape index (κ2) is 8.01. The first kappa shape index (κ1) is 20.5. The Balaban J connectivity index is 0.000000356. The number of nitrogens with zero attached hydrogens (tertiary/aromatic N) is 1. The predicted molar refractivity (Wildman–Crippen MR) is 92.4 cm³/mol. The Morgan fingerprint density at radius 2 is 1.68 bits per heavy atom. The molecule has 0 radical (unpaired) electrons. The number of piperidine rings is 1. The molecule has 3 rings (SSSR count). The fraction of sp³-hybridized carbons (Fsp3) is 0.600. The minimum atomic E-state index is -1.42. The first-order valence-corrected chi connectivity index (χ1v) is 10.5. The van der Waals surface area contributed by atoms with Gasteiger partial charge in [0.2, 0.25) is 0 Å². The van der Waals surface area contributed by atoms with E-state index < -0.39 is 9.93 Å². The zero-order chi connectivity index (χ0) is 15.7. The van der Waals surface area contributed by atoms with Gasteiger partial charge in [-0.15, -0.1) is 4.21 Å². The maximum Gasteiger partial charge on any atom is 0.101 e. The van der Waals surface area contributed by atoms with Gasteiger partial charge >= 0.3 is 0 Å². The van der Waals surface area contributed by atoms with E-state index in [-0.39, 0.29) is 29.6 Å². The molecule has 0 aliphatic carbocycles. The summed E-state index contributed by atoms with van der Waals surface area (Å²) in [7, 11) is -1.42. The van der Waals surface area contributed by atoms with Crippen LogP contribution in [0.4, 0.5) is 5.69 Å². The average molecular weight is 478 g/mol. The molecule has 0 bridgehead atoms. The van der Waals surface area contributed by atoms with E-state index in [9.17, 15) is 4.21 Å². The summed E-state index contributed by atoms with van der Waals surface area (Å²) >= 11 is 12.1. The van der Waals surface area contributed by atoms with Crippen molar-refractivity contribution in [3.8, 4) is 0 Å². The number of hydrogen-bond donors (Lipinski definition) is 0. The fourth-order valence-electron chi connectivity index (χ4n) is 2.28. The quantitative estimate of drug-likeness (QED) is 0.340. The summed E-state index contributed by atoms with van der Waals surface area (Å²) in [5, 5.41) is 1.42. The predicted octanol–water partition coefficient (Wildman–Crippen LogP) is 0.742. The molecule has 0 unspecified atom stereocenters. The van der Waals surface area contributed by atoms with Crippen LogP contribution in [0.5, 0.6) is 0 Å². The maximum absolute atomic E-state index is 10.2. The lowest BCUT2D eigenvalue weighted by molar-refractivity contribution is -0.00000664. The van der Waals surface area contributed by atoms with Crippen LogP contribution >= 0.6 is 23.2 Å². The Hall–Kier alpha value is 0.440. The van der Waals surface area contributed by atoms with Gasteiger partial charge < -0.3 is 33.6 Å². The van der Waals surface area contributed by atoms with Gasteiger partial charge in [-0.25, -0.2) is 0 Å². The van der Waals surface area contributed by atoms with Gasteiger partial charge in [0.15, 0.2) is 0 Å². The molecule has 1 aromatic rings. The van der Waals surface area contributed by atoms with Crippen molar-refractivity contribution in [3.63, 3.8) is 0 Å². The SMILES string of the molecule is C[S+](C)(C)=O.Clc1ccc(N2CCC3(CC2)CO3)c(Cl)c1.[I-]. The molecule has 22 heavy (non-hydrogen) atoms. The van der Waals surface area contributed by atoms with Gasteiger partial charge in [-0.2, -0.15) is 0 Å². The highest BCUT2D eigenvalue weighted by molar-refractivity contribution is 8.00. The van der Waals surface area contributed by atoms with Crippen molar-refractivity contribution in [2.45, 2.75) is 18.4 Å². The molecule has 0 N–H and O–H groups in total. The van der Waals surface area contributed by atoms with Crippen LogP contribution in [0.2, 0.25) is 10.0 Å². The van der Waals surface area contributed by atoms with Crippen molar-refractivity contribution >= 4 is 38.8 Å². The summed E-state index contributed by atoms with van der Waals surface area (Å²) in [6, 6.07) is 5.69. The minimum Gasteiger partial charge on any atom is -1.00 e. The summed E-state index contributed by atoms with van der Waals surface area (Å²) in [5.41, 5.74) is 1.30. The maximum atomic E-state index is 10.2. The summed E-state index contributed by atoms with van der Waals surface area (Å²) in [6.07, 6.45) is 7.35. The third-order valence-corrected chi connectivity index (χ3v) is 4.02. The highest BCUT2D eigenvalue weighted by Gasteiger charge is 2.46. The normalized spacial score (nSPS) is 19.0. The lowest BCUT2D eigenvalue weighted by Crippen LogP contribution is -3.00. The van der Waals surface area contributed by atoms with Crippen molar-refractivity contribution in [2.24, 2.45) is 0 Å². The van der Waals surface area contributed by atoms with E-state index in [4.69, 9.17) is 27.9 Å². The molecular formula is C15H22Cl2INO2S. The highest BCUT2D eigenvalue weighted by Crippen LogP contribution is 2.40. The number of ether oxygens (including phenoxy) is 1. The molecule has 2 heterocycles. The van der Waals surface area contributed by atoms with Gasteiger partial charge in [-0.05, 0) is 31.0 Å². The molecule has 2 aliphatic heterocycles. The van der Waals surface area contributed by atoms with Gasteiger partial charge in [-0.1, -0.05) is 23.2 Å². The molecule has 0 aromatic heterocycles. The van der Waals surface area contributed by atoms with Crippen molar-refractivity contribution in [1.82, 2.24) is 0 Å². The van der Waals surface area contributed by atoms with E-state index in [0.717, 1.165) is 43.2 Å². The van der Waals surface area contributed by atoms with E-state index in [1.807, 2.05) is 12.1 Å². The second-order valence-corrected chi connectivity index (χ2v) is 10.6. The van der Waals surface area contributed by atoms with E-state index in [2.05, 4.69) is 4.90 Å². The summed E-state index contributed by atoms with van der Waals surface area (Å²) in [5.74, 6) is 0.